The summed E-state index contributed by atoms with van der Waals surface area (Å²) >= 11 is 0. The van der Waals surface area contributed by atoms with Crippen molar-refractivity contribution in [1.29, 1.82) is 0 Å². The zero-order valence-corrected chi connectivity index (χ0v) is 14.0. The minimum absolute atomic E-state index is 0.134. The quantitative estimate of drug-likeness (QED) is 0.650. The van der Waals surface area contributed by atoms with Crippen LogP contribution in [-0.4, -0.2) is 41.6 Å². The van der Waals surface area contributed by atoms with Gasteiger partial charge in [-0.05, 0) is 30.5 Å². The second-order valence-corrected chi connectivity index (χ2v) is 6.16. The van der Waals surface area contributed by atoms with Gasteiger partial charge in [0.1, 0.15) is 0 Å². The molecule has 1 amide bonds. The van der Waals surface area contributed by atoms with Gasteiger partial charge in [-0.2, -0.15) is 0 Å². The fourth-order valence-electron chi connectivity index (χ4n) is 2.74. The van der Waals surface area contributed by atoms with Crippen LogP contribution >= 0.6 is 0 Å². The van der Waals surface area contributed by atoms with Crippen LogP contribution in [0.3, 0.4) is 0 Å². The number of nitrogens with zero attached hydrogens (tertiary/aromatic N) is 3. The maximum atomic E-state index is 12.5. The van der Waals surface area contributed by atoms with Crippen molar-refractivity contribution in [2.45, 2.75) is 26.2 Å². The van der Waals surface area contributed by atoms with E-state index in [2.05, 4.69) is 9.98 Å². The van der Waals surface area contributed by atoms with Crippen molar-refractivity contribution in [3.63, 3.8) is 0 Å². The Bertz CT molecular complexity index is 618. The number of hydrogen-bond donors (Lipinski definition) is 2. The molecule has 0 aromatic carbocycles. The van der Waals surface area contributed by atoms with Crippen molar-refractivity contribution in [2.75, 3.05) is 25.9 Å². The lowest BCUT2D eigenvalue weighted by atomic mass is 10.0. The molecule has 1 atom stereocenters. The number of amides is 1. The molecule has 1 aromatic heterocycles. The van der Waals surface area contributed by atoms with E-state index in [9.17, 15) is 4.79 Å². The summed E-state index contributed by atoms with van der Waals surface area (Å²) in [5, 5.41) is 0. The van der Waals surface area contributed by atoms with Gasteiger partial charge >= 0.3 is 0 Å². The first-order valence-electron chi connectivity index (χ1n) is 7.87. The van der Waals surface area contributed by atoms with Gasteiger partial charge in [0.05, 0.1) is 17.6 Å². The molecule has 2 rings (SSSR count). The molecule has 6 heteroatoms. The molecule has 0 bridgehead atoms. The molecular formula is C17H25N5O. The first kappa shape index (κ1) is 17.0. The van der Waals surface area contributed by atoms with E-state index >= 15 is 0 Å². The van der Waals surface area contributed by atoms with Gasteiger partial charge in [-0.3, -0.25) is 14.8 Å². The topological polar surface area (TPSA) is 97.6 Å². The summed E-state index contributed by atoms with van der Waals surface area (Å²) in [5.41, 5.74) is 14.3. The minimum Gasteiger partial charge on any atom is -0.397 e. The Kier molecular flexibility index (Phi) is 5.36. The van der Waals surface area contributed by atoms with Gasteiger partial charge in [-0.15, -0.1) is 0 Å². The van der Waals surface area contributed by atoms with Crippen molar-refractivity contribution < 1.29 is 4.79 Å². The predicted octanol–water partition coefficient (Wildman–Crippen LogP) is 1.55. The highest BCUT2D eigenvalue weighted by Gasteiger charge is 2.29. The number of likely N-dealkylation sites (tertiary alicyclic amines) is 1. The average molecular weight is 315 g/mol. The van der Waals surface area contributed by atoms with Gasteiger partial charge in [0, 0.05) is 37.5 Å². The summed E-state index contributed by atoms with van der Waals surface area (Å²) in [7, 11) is 1.71. The Morgan fingerprint density at radius 3 is 2.78 bits per heavy atom. The second-order valence-electron chi connectivity index (χ2n) is 6.16. The number of anilines is 1. The number of aliphatic imine (C=N–C) groups is 1. The van der Waals surface area contributed by atoms with E-state index in [-0.39, 0.29) is 23.4 Å². The normalized spacial score (nSPS) is 19.5. The number of hydrogen-bond acceptors (Lipinski definition) is 5. The lowest BCUT2D eigenvalue weighted by Gasteiger charge is -2.17. The van der Waals surface area contributed by atoms with Crippen molar-refractivity contribution in [1.82, 2.24) is 9.88 Å². The Balaban J connectivity index is 2.04. The Morgan fingerprint density at radius 2 is 2.22 bits per heavy atom. The van der Waals surface area contributed by atoms with Crippen LogP contribution < -0.4 is 11.5 Å². The first-order chi connectivity index (χ1) is 10.9. The SMILES string of the molecule is CN=C(/C=C(\N)C(=O)N1CCC(c2ccc(N)cn2)C1)C(C)C. The van der Waals surface area contributed by atoms with Crippen molar-refractivity contribution in [3.05, 3.63) is 35.8 Å². The zero-order chi connectivity index (χ0) is 17.0. The van der Waals surface area contributed by atoms with Gasteiger partial charge in [-0.25, -0.2) is 0 Å². The first-order valence-corrected chi connectivity index (χ1v) is 7.87. The highest BCUT2D eigenvalue weighted by molar-refractivity contribution is 6.04. The lowest BCUT2D eigenvalue weighted by molar-refractivity contribution is -0.126. The predicted molar refractivity (Wildman–Crippen MR) is 93.1 cm³/mol. The van der Waals surface area contributed by atoms with E-state index in [1.807, 2.05) is 26.0 Å². The van der Waals surface area contributed by atoms with Crippen molar-refractivity contribution >= 4 is 17.3 Å². The number of allylic oxidation sites excluding steroid dienone is 1. The molecular weight excluding hydrogens is 290 g/mol. The van der Waals surface area contributed by atoms with Gasteiger partial charge < -0.3 is 16.4 Å². The van der Waals surface area contributed by atoms with Crippen LogP contribution in [0.1, 0.15) is 31.9 Å². The van der Waals surface area contributed by atoms with Gasteiger partial charge in [-0.1, -0.05) is 13.8 Å². The minimum atomic E-state index is -0.134. The highest BCUT2D eigenvalue weighted by atomic mass is 16.2. The third kappa shape index (κ3) is 4.09. The Morgan fingerprint density at radius 1 is 1.48 bits per heavy atom. The molecule has 4 N–H and O–H groups in total. The molecule has 1 aliphatic rings. The fourth-order valence-corrected chi connectivity index (χ4v) is 2.74. The van der Waals surface area contributed by atoms with Crippen molar-refractivity contribution in [2.24, 2.45) is 16.6 Å². The molecule has 23 heavy (non-hydrogen) atoms. The number of carbonyl (C=O) groups excluding carboxylic acids is 1. The van der Waals surface area contributed by atoms with Crippen LogP contribution in [0.2, 0.25) is 0 Å². The largest absolute Gasteiger partial charge is 0.397 e. The Hall–Kier alpha value is -2.37. The summed E-state index contributed by atoms with van der Waals surface area (Å²) in [6, 6.07) is 3.77. The second kappa shape index (κ2) is 7.26. The average Bonchev–Trinajstić information content (AvgIpc) is 3.01. The molecule has 124 valence electrons. The molecule has 1 aliphatic heterocycles. The number of pyridine rings is 1. The molecule has 1 aromatic rings. The van der Waals surface area contributed by atoms with Crippen molar-refractivity contribution in [3.8, 4) is 0 Å². The van der Waals surface area contributed by atoms with Crippen LogP contribution in [0.25, 0.3) is 0 Å². The fraction of sp³-hybridized carbons (Fsp3) is 0.471. The molecule has 1 fully saturated rings. The van der Waals surface area contributed by atoms with Gasteiger partial charge in [0.25, 0.3) is 5.91 Å². The monoisotopic (exact) mass is 315 g/mol. The lowest BCUT2D eigenvalue weighted by Crippen LogP contribution is -2.33. The smallest absolute Gasteiger partial charge is 0.269 e. The summed E-state index contributed by atoms with van der Waals surface area (Å²) in [5.74, 6) is 0.332. The number of rotatable bonds is 4. The molecule has 0 radical (unpaired) electrons. The van der Waals surface area contributed by atoms with Gasteiger partial charge in [0.15, 0.2) is 0 Å². The summed E-state index contributed by atoms with van der Waals surface area (Å²) in [4.78, 5) is 22.8. The number of nitrogens with two attached hydrogens (primary N) is 2. The molecule has 0 spiro atoms. The van der Waals surface area contributed by atoms with E-state index < -0.39 is 0 Å². The highest BCUT2D eigenvalue weighted by Crippen LogP contribution is 2.26. The molecule has 0 aliphatic carbocycles. The summed E-state index contributed by atoms with van der Waals surface area (Å²) in [6.45, 7) is 5.36. The third-order valence-corrected chi connectivity index (χ3v) is 4.10. The zero-order valence-electron chi connectivity index (χ0n) is 14.0. The van der Waals surface area contributed by atoms with Crippen LogP contribution in [-0.2, 0) is 4.79 Å². The summed E-state index contributed by atoms with van der Waals surface area (Å²) in [6.07, 6.45) is 4.22. The molecule has 0 saturated carbocycles. The number of carbonyl (C=O) groups is 1. The molecule has 1 unspecified atom stereocenters. The molecule has 2 heterocycles. The van der Waals surface area contributed by atoms with Crippen LogP contribution in [0, 0.1) is 5.92 Å². The number of nitrogen functional groups attached to an aromatic ring is 1. The van der Waals surface area contributed by atoms with E-state index in [0.29, 0.717) is 18.8 Å². The van der Waals surface area contributed by atoms with E-state index in [1.54, 1.807) is 24.2 Å². The maximum absolute atomic E-state index is 12.5. The Labute approximate surface area is 137 Å². The number of aromatic nitrogens is 1. The van der Waals surface area contributed by atoms with E-state index in [0.717, 1.165) is 17.8 Å². The van der Waals surface area contributed by atoms with Gasteiger partial charge in [0.2, 0.25) is 0 Å². The van der Waals surface area contributed by atoms with Crippen LogP contribution in [0.15, 0.2) is 35.1 Å². The third-order valence-electron chi connectivity index (χ3n) is 4.10. The molecule has 1 saturated heterocycles. The molecule has 6 nitrogen and oxygen atoms in total. The standard InChI is InChI=1S/C17H25N5O/c1-11(2)16(20-3)8-14(19)17(23)22-7-6-12(10-22)15-5-4-13(18)9-21-15/h4-5,8-9,11-12H,6-7,10,18-19H2,1-3H3/b14-8-,20-16?. The van der Waals surface area contributed by atoms with Crippen LogP contribution in [0.5, 0.6) is 0 Å². The van der Waals surface area contributed by atoms with E-state index in [1.165, 1.54) is 0 Å². The van der Waals surface area contributed by atoms with E-state index in [4.69, 9.17) is 11.5 Å². The van der Waals surface area contributed by atoms with Crippen LogP contribution in [0.4, 0.5) is 5.69 Å². The summed E-state index contributed by atoms with van der Waals surface area (Å²) < 4.78 is 0. The maximum Gasteiger partial charge on any atom is 0.269 e.